The molecule has 2 atom stereocenters. The Morgan fingerprint density at radius 3 is 2.43 bits per heavy atom. The fourth-order valence-corrected chi connectivity index (χ4v) is 4.93. The molecule has 0 aromatic heterocycles. The second-order valence-corrected chi connectivity index (χ2v) is 12.2. The first-order chi connectivity index (χ1) is 21.0. The monoisotopic (exact) mass is 669 g/mol. The van der Waals surface area contributed by atoms with Crippen LogP contribution >= 0.6 is 15.9 Å². The van der Waals surface area contributed by atoms with E-state index in [1.807, 2.05) is 24.3 Å². The number of hydrogen-bond acceptors (Lipinski definition) is 8. The number of halogens is 2. The van der Waals surface area contributed by atoms with Crippen molar-refractivity contribution >= 4 is 33.7 Å². The van der Waals surface area contributed by atoms with E-state index in [9.17, 15) is 14.0 Å². The zero-order valence-electron chi connectivity index (χ0n) is 24.9. The fraction of sp³-hybridized carbons (Fsp3) is 0.364. The lowest BCUT2D eigenvalue weighted by Gasteiger charge is -2.31. The van der Waals surface area contributed by atoms with Gasteiger partial charge in [-0.3, -0.25) is 15.0 Å². The smallest absolute Gasteiger partial charge is 0.306 e. The normalized spacial score (nSPS) is 17.9. The van der Waals surface area contributed by atoms with Crippen LogP contribution in [-0.2, 0) is 25.6 Å². The van der Waals surface area contributed by atoms with Crippen molar-refractivity contribution < 1.29 is 33.3 Å². The summed E-state index contributed by atoms with van der Waals surface area (Å²) in [5, 5.41) is 9.02. The Morgan fingerprint density at radius 1 is 1.07 bits per heavy atom. The fourth-order valence-electron chi connectivity index (χ4n) is 4.66. The highest BCUT2D eigenvalue weighted by Crippen LogP contribution is 2.43. The molecule has 0 saturated carbocycles. The van der Waals surface area contributed by atoms with Crippen LogP contribution in [0.15, 0.2) is 82.3 Å². The minimum absolute atomic E-state index is 0.0261. The Hall–Kier alpha value is -3.80. The molecule has 1 amide bonds. The van der Waals surface area contributed by atoms with Gasteiger partial charge in [0.15, 0.2) is 11.6 Å². The highest BCUT2D eigenvalue weighted by molar-refractivity contribution is 9.10. The third-order valence-electron chi connectivity index (χ3n) is 6.77. The molecule has 11 heteroatoms. The Bertz CT molecular complexity index is 1460. The highest BCUT2D eigenvalue weighted by atomic mass is 79.9. The van der Waals surface area contributed by atoms with Gasteiger partial charge in [-0.15, -0.1) is 0 Å². The molecule has 0 spiro atoms. The zero-order valence-corrected chi connectivity index (χ0v) is 26.5. The number of ether oxygens (including phenoxy) is 3. The molecular formula is C33H37BrFN3O6. The summed E-state index contributed by atoms with van der Waals surface area (Å²) in [6, 6.07) is 20.6. The molecule has 3 N–H and O–H groups in total. The second kappa shape index (κ2) is 14.8. The van der Waals surface area contributed by atoms with Gasteiger partial charge in [-0.2, -0.15) is 0 Å². The van der Waals surface area contributed by atoms with Crippen molar-refractivity contribution in [3.63, 3.8) is 0 Å². The topological polar surface area (TPSA) is 118 Å². The first-order valence-corrected chi connectivity index (χ1v) is 15.1. The molecule has 234 valence electrons. The highest BCUT2D eigenvalue weighted by Gasteiger charge is 2.53. The molecule has 1 heterocycles. The van der Waals surface area contributed by atoms with E-state index in [-0.39, 0.29) is 31.9 Å². The van der Waals surface area contributed by atoms with Gasteiger partial charge in [0.2, 0.25) is 5.90 Å². The number of hydrogen-bond donors (Lipinski definition) is 3. The number of aliphatic imine (C=N–C) groups is 1. The first-order valence-electron chi connectivity index (χ1n) is 14.4. The van der Waals surface area contributed by atoms with E-state index in [0.29, 0.717) is 35.5 Å². The molecule has 1 aliphatic heterocycles. The molecule has 0 bridgehead atoms. The maximum Gasteiger partial charge on any atom is 0.306 e. The maximum absolute atomic E-state index is 14.2. The summed E-state index contributed by atoms with van der Waals surface area (Å²) in [7, 11) is 0. The Morgan fingerprint density at radius 2 is 1.77 bits per heavy atom. The Labute approximate surface area is 264 Å². The number of aliphatic hydroxyl groups excluding tert-OH is 1. The minimum Gasteiger partial charge on any atom is -0.494 e. The molecule has 0 unspecified atom stereocenters. The number of esters is 1. The summed E-state index contributed by atoms with van der Waals surface area (Å²) in [6.07, 6.45) is -0.527. The quantitative estimate of drug-likeness (QED) is 0.124. The van der Waals surface area contributed by atoms with Crippen LogP contribution in [0.2, 0.25) is 0 Å². The van der Waals surface area contributed by atoms with E-state index in [1.54, 1.807) is 63.2 Å². The number of nitrogens with zero attached hydrogens (tertiary/aromatic N) is 1. The van der Waals surface area contributed by atoms with E-state index >= 15 is 0 Å². The largest absolute Gasteiger partial charge is 0.494 e. The summed E-state index contributed by atoms with van der Waals surface area (Å²) in [5.74, 6) is -0.615. The standard InChI is InChI=1S/C33H37BrFN3O6/c1-32(2,3)44-28(40)17-18-33(31(41)38-36-21-24-7-4-5-8-27(24)35)29(22-9-13-25(34)14-10-22)43-30(37-33)23-11-15-26(16-12-23)42-20-6-19-39/h4-5,7-16,29,36,39H,6,17-21H2,1-3H3,(H,38,41)/t29-,33-/m0/s1. The summed E-state index contributed by atoms with van der Waals surface area (Å²) in [5.41, 5.74) is 4.86. The average Bonchev–Trinajstić information content (AvgIpc) is 3.38. The lowest BCUT2D eigenvalue weighted by atomic mass is 9.83. The van der Waals surface area contributed by atoms with E-state index < -0.39 is 34.9 Å². The van der Waals surface area contributed by atoms with E-state index in [2.05, 4.69) is 26.8 Å². The second-order valence-electron chi connectivity index (χ2n) is 11.3. The minimum atomic E-state index is -1.58. The average molecular weight is 671 g/mol. The summed E-state index contributed by atoms with van der Waals surface area (Å²) in [6.45, 7) is 5.75. The molecule has 0 saturated heterocycles. The van der Waals surface area contributed by atoms with Crippen LogP contribution < -0.4 is 15.6 Å². The van der Waals surface area contributed by atoms with E-state index in [4.69, 9.17) is 24.3 Å². The summed E-state index contributed by atoms with van der Waals surface area (Å²) < 4.78 is 32.7. The molecule has 0 aliphatic carbocycles. The van der Waals surface area contributed by atoms with Crippen molar-refractivity contribution in [2.75, 3.05) is 13.2 Å². The molecule has 44 heavy (non-hydrogen) atoms. The van der Waals surface area contributed by atoms with Crippen LogP contribution in [0.4, 0.5) is 4.39 Å². The van der Waals surface area contributed by atoms with Gasteiger partial charge in [0.25, 0.3) is 5.91 Å². The van der Waals surface area contributed by atoms with Crippen molar-refractivity contribution in [2.24, 2.45) is 4.99 Å². The molecule has 0 radical (unpaired) electrons. The van der Waals surface area contributed by atoms with Crippen LogP contribution in [0.1, 0.15) is 62.8 Å². The maximum atomic E-state index is 14.2. The van der Waals surface area contributed by atoms with Gasteiger partial charge in [0.1, 0.15) is 17.2 Å². The molecular weight excluding hydrogens is 633 g/mol. The number of rotatable bonds is 13. The van der Waals surface area contributed by atoms with Gasteiger partial charge in [-0.1, -0.05) is 46.3 Å². The lowest BCUT2D eigenvalue weighted by molar-refractivity contribution is -0.155. The predicted octanol–water partition coefficient (Wildman–Crippen LogP) is 5.55. The summed E-state index contributed by atoms with van der Waals surface area (Å²) in [4.78, 5) is 31.8. The SMILES string of the molecule is CC(C)(C)OC(=O)CC[C@]1(C(=O)NNCc2ccccc2F)N=C(c2ccc(OCCCO)cc2)O[C@H]1c1ccc(Br)cc1. The third kappa shape index (κ3) is 8.64. The van der Waals surface area contributed by atoms with Gasteiger partial charge in [-0.25, -0.2) is 14.8 Å². The molecule has 4 rings (SSSR count). The van der Waals surface area contributed by atoms with Gasteiger partial charge < -0.3 is 19.3 Å². The van der Waals surface area contributed by atoms with Crippen molar-refractivity contribution in [3.8, 4) is 5.75 Å². The number of benzene rings is 3. The molecule has 3 aromatic rings. The number of carbonyl (C=O) groups is 2. The number of aliphatic hydroxyl groups is 1. The van der Waals surface area contributed by atoms with Gasteiger partial charge in [-0.05, 0) is 75.2 Å². The van der Waals surface area contributed by atoms with Crippen LogP contribution in [0.25, 0.3) is 0 Å². The van der Waals surface area contributed by atoms with Gasteiger partial charge >= 0.3 is 5.97 Å². The third-order valence-corrected chi connectivity index (χ3v) is 7.30. The predicted molar refractivity (Wildman–Crippen MR) is 167 cm³/mol. The van der Waals surface area contributed by atoms with Gasteiger partial charge in [0, 0.05) is 41.6 Å². The number of amides is 1. The summed E-state index contributed by atoms with van der Waals surface area (Å²) >= 11 is 3.45. The van der Waals surface area contributed by atoms with Crippen LogP contribution in [-0.4, -0.2) is 47.2 Å². The zero-order chi connectivity index (χ0) is 31.7. The van der Waals surface area contributed by atoms with Crippen LogP contribution in [0.3, 0.4) is 0 Å². The first kappa shape index (κ1) is 33.1. The van der Waals surface area contributed by atoms with Crippen molar-refractivity contribution in [1.82, 2.24) is 10.9 Å². The lowest BCUT2D eigenvalue weighted by Crippen LogP contribution is -2.52. The van der Waals surface area contributed by atoms with E-state index in [1.165, 1.54) is 6.07 Å². The van der Waals surface area contributed by atoms with Gasteiger partial charge in [0.05, 0.1) is 6.61 Å². The van der Waals surface area contributed by atoms with Crippen molar-refractivity contribution in [2.45, 2.75) is 63.8 Å². The van der Waals surface area contributed by atoms with Crippen LogP contribution in [0.5, 0.6) is 5.75 Å². The van der Waals surface area contributed by atoms with Crippen molar-refractivity contribution in [1.29, 1.82) is 0 Å². The van der Waals surface area contributed by atoms with Crippen LogP contribution in [0, 0.1) is 5.82 Å². The molecule has 0 fully saturated rings. The molecule has 9 nitrogen and oxygen atoms in total. The molecule has 1 aliphatic rings. The molecule has 3 aromatic carbocycles. The van der Waals surface area contributed by atoms with E-state index in [0.717, 1.165) is 4.47 Å². The van der Waals surface area contributed by atoms with Crippen molar-refractivity contribution in [3.05, 3.63) is 99.8 Å². The number of nitrogens with one attached hydrogen (secondary N) is 2. The Kier molecular flexibility index (Phi) is 11.1. The number of hydrazine groups is 1. The Balaban J connectivity index is 1.68. The number of carbonyl (C=O) groups excluding carboxylic acids is 2.